The Bertz CT molecular complexity index is 441. The molecule has 1 fully saturated rings. The molecule has 0 saturated heterocycles. The number of anilines is 1. The van der Waals surface area contributed by atoms with E-state index in [-0.39, 0.29) is 11.0 Å². The number of carbonyl (C=O) groups is 1. The summed E-state index contributed by atoms with van der Waals surface area (Å²) in [5.41, 5.74) is 0.322. The van der Waals surface area contributed by atoms with Crippen LogP contribution in [-0.4, -0.2) is 17.6 Å². The van der Waals surface area contributed by atoms with Gasteiger partial charge in [-0.2, -0.15) is 0 Å². The van der Waals surface area contributed by atoms with Gasteiger partial charge < -0.3 is 10.4 Å². The van der Waals surface area contributed by atoms with E-state index in [9.17, 15) is 9.18 Å². The van der Waals surface area contributed by atoms with E-state index in [0.29, 0.717) is 12.2 Å². The van der Waals surface area contributed by atoms with Gasteiger partial charge in [0.05, 0.1) is 5.69 Å². The van der Waals surface area contributed by atoms with Crippen LogP contribution < -0.4 is 5.32 Å². The number of hydrogen-bond acceptors (Lipinski definition) is 2. The number of nitrogens with one attached hydrogen (secondary N) is 1. The second-order valence-corrected chi connectivity index (χ2v) is 4.99. The zero-order valence-electron chi connectivity index (χ0n) is 9.79. The molecule has 1 aromatic carbocycles. The molecule has 1 aliphatic carbocycles. The van der Waals surface area contributed by atoms with E-state index in [1.54, 1.807) is 6.07 Å². The van der Waals surface area contributed by atoms with E-state index in [0.717, 1.165) is 12.8 Å². The Hall–Kier alpha value is -1.58. The van der Waals surface area contributed by atoms with Gasteiger partial charge in [-0.15, -0.1) is 0 Å². The smallest absolute Gasteiger partial charge is 0.340 e. The molecule has 0 radical (unpaired) electrons. The van der Waals surface area contributed by atoms with Crippen LogP contribution in [0.2, 0.25) is 0 Å². The molecule has 2 rings (SSSR count). The highest BCUT2D eigenvalue weighted by Crippen LogP contribution is 2.40. The van der Waals surface area contributed by atoms with Gasteiger partial charge in [-0.25, -0.2) is 9.18 Å². The first-order valence-corrected chi connectivity index (χ1v) is 5.77. The minimum atomic E-state index is -1.23. The Labute approximate surface area is 99.7 Å². The van der Waals surface area contributed by atoms with Crippen LogP contribution in [0.4, 0.5) is 10.1 Å². The van der Waals surface area contributed by atoms with Gasteiger partial charge in [0.15, 0.2) is 0 Å². The standard InChI is InChI=1S/C13H16FNO2/c1-13(6-3-7-13)8-15-10-5-2-4-9(14)11(10)12(16)17/h2,4-5,15H,3,6-8H2,1H3,(H,16,17). The zero-order chi connectivity index (χ0) is 12.5. The maximum absolute atomic E-state index is 13.4. The topological polar surface area (TPSA) is 49.3 Å². The second kappa shape index (κ2) is 4.35. The number of hydrogen-bond donors (Lipinski definition) is 2. The molecule has 0 amide bonds. The van der Waals surface area contributed by atoms with Crippen LogP contribution in [0.5, 0.6) is 0 Å². The molecule has 0 heterocycles. The van der Waals surface area contributed by atoms with Crippen molar-refractivity contribution >= 4 is 11.7 Å². The van der Waals surface area contributed by atoms with Crippen molar-refractivity contribution in [3.63, 3.8) is 0 Å². The average Bonchev–Trinajstić information content (AvgIpc) is 2.23. The molecule has 0 atom stereocenters. The van der Waals surface area contributed by atoms with Crippen molar-refractivity contribution in [3.8, 4) is 0 Å². The van der Waals surface area contributed by atoms with Gasteiger partial charge >= 0.3 is 5.97 Å². The number of aromatic carboxylic acids is 1. The normalized spacial score (nSPS) is 17.3. The van der Waals surface area contributed by atoms with Crippen LogP contribution >= 0.6 is 0 Å². The Morgan fingerprint density at radius 1 is 1.53 bits per heavy atom. The maximum Gasteiger partial charge on any atom is 0.340 e. The van der Waals surface area contributed by atoms with Crippen LogP contribution in [0.15, 0.2) is 18.2 Å². The maximum atomic E-state index is 13.4. The van der Waals surface area contributed by atoms with Gasteiger partial charge in [0.1, 0.15) is 11.4 Å². The zero-order valence-corrected chi connectivity index (χ0v) is 9.79. The highest BCUT2D eigenvalue weighted by molar-refractivity contribution is 5.94. The van der Waals surface area contributed by atoms with Crippen molar-refractivity contribution in [2.45, 2.75) is 26.2 Å². The summed E-state index contributed by atoms with van der Waals surface area (Å²) in [5, 5.41) is 12.0. The quantitative estimate of drug-likeness (QED) is 0.845. The summed E-state index contributed by atoms with van der Waals surface area (Å²) >= 11 is 0. The number of benzene rings is 1. The monoisotopic (exact) mass is 237 g/mol. The van der Waals surface area contributed by atoms with Gasteiger partial charge in [0, 0.05) is 6.54 Å². The molecule has 1 aromatic rings. The minimum Gasteiger partial charge on any atom is -0.478 e. The molecule has 1 saturated carbocycles. The molecule has 0 aliphatic heterocycles. The van der Waals surface area contributed by atoms with Crippen LogP contribution in [0, 0.1) is 11.2 Å². The third-order valence-corrected chi connectivity index (χ3v) is 3.49. The van der Waals surface area contributed by atoms with Gasteiger partial charge in [-0.05, 0) is 30.4 Å². The fraction of sp³-hybridized carbons (Fsp3) is 0.462. The van der Waals surface area contributed by atoms with Crippen molar-refractivity contribution in [2.75, 3.05) is 11.9 Å². The first-order chi connectivity index (χ1) is 8.02. The van der Waals surface area contributed by atoms with Crippen LogP contribution in [0.3, 0.4) is 0 Å². The Kier molecular flexibility index (Phi) is 3.05. The molecule has 17 heavy (non-hydrogen) atoms. The van der Waals surface area contributed by atoms with E-state index < -0.39 is 11.8 Å². The van der Waals surface area contributed by atoms with Crippen molar-refractivity contribution in [1.82, 2.24) is 0 Å². The lowest BCUT2D eigenvalue weighted by Gasteiger charge is -2.38. The summed E-state index contributed by atoms with van der Waals surface area (Å²) in [4.78, 5) is 11.0. The highest BCUT2D eigenvalue weighted by Gasteiger charge is 2.31. The fourth-order valence-electron chi connectivity index (χ4n) is 2.15. The van der Waals surface area contributed by atoms with Crippen molar-refractivity contribution in [2.24, 2.45) is 5.41 Å². The summed E-state index contributed by atoms with van der Waals surface area (Å²) in [5.74, 6) is -1.93. The van der Waals surface area contributed by atoms with E-state index >= 15 is 0 Å². The lowest BCUT2D eigenvalue weighted by molar-refractivity contribution is 0.0692. The van der Waals surface area contributed by atoms with E-state index in [1.807, 2.05) is 0 Å². The second-order valence-electron chi connectivity index (χ2n) is 4.99. The molecule has 92 valence electrons. The van der Waals surface area contributed by atoms with Crippen molar-refractivity contribution in [3.05, 3.63) is 29.6 Å². The summed E-state index contributed by atoms with van der Waals surface area (Å²) in [6.07, 6.45) is 3.49. The molecule has 0 unspecified atom stereocenters. The predicted molar refractivity (Wildman–Crippen MR) is 63.8 cm³/mol. The minimum absolute atomic E-state index is 0.224. The third kappa shape index (κ3) is 2.40. The molecule has 0 bridgehead atoms. The average molecular weight is 237 g/mol. The van der Waals surface area contributed by atoms with Gasteiger partial charge in [0.2, 0.25) is 0 Å². The first kappa shape index (κ1) is 11.9. The lowest BCUT2D eigenvalue weighted by atomic mass is 9.70. The Morgan fingerprint density at radius 2 is 2.24 bits per heavy atom. The van der Waals surface area contributed by atoms with Crippen LogP contribution in [-0.2, 0) is 0 Å². The lowest BCUT2D eigenvalue weighted by Crippen LogP contribution is -2.33. The van der Waals surface area contributed by atoms with E-state index in [1.165, 1.54) is 18.6 Å². The molecular weight excluding hydrogens is 221 g/mol. The third-order valence-electron chi connectivity index (χ3n) is 3.49. The molecule has 3 nitrogen and oxygen atoms in total. The highest BCUT2D eigenvalue weighted by atomic mass is 19.1. The Morgan fingerprint density at radius 3 is 2.76 bits per heavy atom. The first-order valence-electron chi connectivity index (χ1n) is 5.77. The van der Waals surface area contributed by atoms with Crippen molar-refractivity contribution in [1.29, 1.82) is 0 Å². The Balaban J connectivity index is 2.15. The molecule has 4 heteroatoms. The largest absolute Gasteiger partial charge is 0.478 e. The molecule has 0 spiro atoms. The molecular formula is C13H16FNO2. The molecule has 0 aromatic heterocycles. The summed E-state index contributed by atoms with van der Waals surface area (Å²) in [6, 6.07) is 4.29. The van der Waals surface area contributed by atoms with Gasteiger partial charge in [-0.3, -0.25) is 0 Å². The summed E-state index contributed by atoms with van der Waals surface area (Å²) in [7, 11) is 0. The fourth-order valence-corrected chi connectivity index (χ4v) is 2.15. The predicted octanol–water partition coefficient (Wildman–Crippen LogP) is 3.13. The number of rotatable bonds is 4. The number of halogens is 1. The summed E-state index contributed by atoms with van der Waals surface area (Å²) in [6.45, 7) is 2.85. The number of carboxylic acids is 1. The molecule has 1 aliphatic rings. The van der Waals surface area contributed by atoms with Gasteiger partial charge in [0.25, 0.3) is 0 Å². The van der Waals surface area contributed by atoms with Crippen molar-refractivity contribution < 1.29 is 14.3 Å². The van der Waals surface area contributed by atoms with Crippen LogP contribution in [0.25, 0.3) is 0 Å². The van der Waals surface area contributed by atoms with Gasteiger partial charge in [-0.1, -0.05) is 19.4 Å². The molecule has 2 N–H and O–H groups in total. The van der Waals surface area contributed by atoms with Crippen LogP contribution in [0.1, 0.15) is 36.5 Å². The van der Waals surface area contributed by atoms with E-state index in [2.05, 4.69) is 12.2 Å². The van der Waals surface area contributed by atoms with E-state index in [4.69, 9.17) is 5.11 Å². The SMILES string of the molecule is CC1(CNc2cccc(F)c2C(=O)O)CCC1. The number of carboxylic acid groups (broad SMARTS) is 1. The summed E-state index contributed by atoms with van der Waals surface area (Å²) < 4.78 is 13.4.